The molecule has 3 heterocycles. The molecule has 0 N–H and O–H groups in total. The normalized spacial score (nSPS) is 17.2. The van der Waals surface area contributed by atoms with Gasteiger partial charge in [-0.3, -0.25) is 4.57 Å². The molecule has 0 saturated carbocycles. The van der Waals surface area contributed by atoms with E-state index in [2.05, 4.69) is 38.8 Å². The van der Waals surface area contributed by atoms with Crippen LogP contribution >= 0.6 is 11.8 Å². The van der Waals surface area contributed by atoms with Gasteiger partial charge >= 0.3 is 0 Å². The highest BCUT2D eigenvalue weighted by molar-refractivity contribution is 7.99. The summed E-state index contributed by atoms with van der Waals surface area (Å²) in [4.78, 5) is 4.57. The molecular weight excluding hydrogens is 414 g/mol. The molecule has 1 aliphatic rings. The minimum absolute atomic E-state index is 0.0287. The van der Waals surface area contributed by atoms with Gasteiger partial charge in [-0.2, -0.15) is 4.98 Å². The Balaban J connectivity index is 1.57. The van der Waals surface area contributed by atoms with Gasteiger partial charge in [0.15, 0.2) is 16.8 Å². The van der Waals surface area contributed by atoms with Crippen LogP contribution in [0.4, 0.5) is 0 Å². The molecule has 1 aliphatic heterocycles. The molecule has 31 heavy (non-hydrogen) atoms. The standard InChI is InChI=1S/C22H29N5O3S/c1-4-5-8-19-23-21(30-26-19)15(2)31-22-25-24-20(16-9-11-17(28-3)12-10-16)27(22)14-18-7-6-13-29-18/h9-12,15,18H,4-8,13-14H2,1-3H3/t15-,18-/m0/s1. The summed E-state index contributed by atoms with van der Waals surface area (Å²) < 4.78 is 18.8. The number of unbranched alkanes of at least 4 members (excludes halogenated alkanes) is 1. The summed E-state index contributed by atoms with van der Waals surface area (Å²) in [7, 11) is 1.66. The Labute approximate surface area is 186 Å². The van der Waals surface area contributed by atoms with Gasteiger partial charge in [0, 0.05) is 18.6 Å². The van der Waals surface area contributed by atoms with Gasteiger partial charge in [0.05, 0.1) is 25.0 Å². The maximum atomic E-state index is 5.89. The van der Waals surface area contributed by atoms with E-state index in [4.69, 9.17) is 14.0 Å². The number of hydrogen-bond acceptors (Lipinski definition) is 8. The van der Waals surface area contributed by atoms with Crippen LogP contribution in [0.3, 0.4) is 0 Å². The van der Waals surface area contributed by atoms with Crippen LogP contribution in [-0.4, -0.2) is 44.7 Å². The Hall–Kier alpha value is -2.39. The predicted molar refractivity (Wildman–Crippen MR) is 118 cm³/mol. The lowest BCUT2D eigenvalue weighted by atomic mass is 10.2. The van der Waals surface area contributed by atoms with Crippen molar-refractivity contribution in [3.05, 3.63) is 36.0 Å². The summed E-state index contributed by atoms with van der Waals surface area (Å²) in [5.74, 6) is 3.02. The lowest BCUT2D eigenvalue weighted by Gasteiger charge is -2.15. The third-order valence-corrected chi connectivity index (χ3v) is 6.41. The molecule has 0 radical (unpaired) electrons. The second-order valence-electron chi connectivity index (χ2n) is 7.69. The van der Waals surface area contributed by atoms with Crippen molar-refractivity contribution in [1.29, 1.82) is 0 Å². The minimum atomic E-state index is -0.0287. The molecule has 8 nitrogen and oxygen atoms in total. The van der Waals surface area contributed by atoms with Gasteiger partial charge in [-0.25, -0.2) is 0 Å². The second kappa shape index (κ2) is 10.3. The maximum Gasteiger partial charge on any atom is 0.239 e. The molecule has 0 unspecified atom stereocenters. The van der Waals surface area contributed by atoms with Crippen LogP contribution in [0, 0.1) is 0 Å². The molecule has 3 aromatic rings. The average Bonchev–Trinajstić information content (AvgIpc) is 3.55. The van der Waals surface area contributed by atoms with Gasteiger partial charge < -0.3 is 14.0 Å². The highest BCUT2D eigenvalue weighted by Gasteiger charge is 2.25. The van der Waals surface area contributed by atoms with Crippen molar-refractivity contribution in [1.82, 2.24) is 24.9 Å². The minimum Gasteiger partial charge on any atom is -0.497 e. The zero-order valence-corrected chi connectivity index (χ0v) is 19.1. The largest absolute Gasteiger partial charge is 0.497 e. The van der Waals surface area contributed by atoms with Crippen LogP contribution in [-0.2, 0) is 17.7 Å². The number of hydrogen-bond donors (Lipinski definition) is 0. The predicted octanol–water partition coefficient (Wildman–Crippen LogP) is 4.71. The first-order valence-corrected chi connectivity index (χ1v) is 11.7. The summed E-state index contributed by atoms with van der Waals surface area (Å²) in [6, 6.07) is 7.88. The van der Waals surface area contributed by atoms with Gasteiger partial charge in [-0.15, -0.1) is 10.2 Å². The smallest absolute Gasteiger partial charge is 0.239 e. The molecule has 0 bridgehead atoms. The Bertz CT molecular complexity index is 966. The number of aromatic nitrogens is 5. The van der Waals surface area contributed by atoms with E-state index >= 15 is 0 Å². The molecule has 4 rings (SSSR count). The highest BCUT2D eigenvalue weighted by Crippen LogP contribution is 2.35. The lowest BCUT2D eigenvalue weighted by molar-refractivity contribution is 0.0953. The van der Waals surface area contributed by atoms with E-state index < -0.39 is 0 Å². The monoisotopic (exact) mass is 443 g/mol. The number of nitrogens with zero attached hydrogens (tertiary/aromatic N) is 5. The Kier molecular flexibility index (Phi) is 7.24. The lowest BCUT2D eigenvalue weighted by Crippen LogP contribution is -2.16. The van der Waals surface area contributed by atoms with Crippen LogP contribution in [0.1, 0.15) is 56.5 Å². The molecule has 1 aromatic carbocycles. The molecule has 2 atom stereocenters. The van der Waals surface area contributed by atoms with Crippen molar-refractivity contribution in [3.8, 4) is 17.1 Å². The molecule has 1 fully saturated rings. The van der Waals surface area contributed by atoms with Crippen molar-refractivity contribution in [2.24, 2.45) is 0 Å². The Morgan fingerprint density at radius 3 is 2.81 bits per heavy atom. The number of aryl methyl sites for hydroxylation is 1. The van der Waals surface area contributed by atoms with Gasteiger partial charge in [0.1, 0.15) is 5.75 Å². The van der Waals surface area contributed by atoms with Gasteiger partial charge in [0.25, 0.3) is 0 Å². The van der Waals surface area contributed by atoms with E-state index in [1.165, 1.54) is 0 Å². The van der Waals surface area contributed by atoms with E-state index in [0.717, 1.165) is 73.4 Å². The summed E-state index contributed by atoms with van der Waals surface area (Å²) in [5.41, 5.74) is 0.991. The second-order valence-corrected chi connectivity index (χ2v) is 9.00. The zero-order chi connectivity index (χ0) is 21.6. The zero-order valence-electron chi connectivity index (χ0n) is 18.3. The molecule has 0 spiro atoms. The number of ether oxygens (including phenoxy) is 2. The molecule has 1 saturated heterocycles. The average molecular weight is 444 g/mol. The third-order valence-electron chi connectivity index (χ3n) is 5.34. The van der Waals surface area contributed by atoms with Gasteiger partial charge in [0.2, 0.25) is 5.89 Å². The number of rotatable bonds is 10. The van der Waals surface area contributed by atoms with E-state index in [9.17, 15) is 0 Å². The highest BCUT2D eigenvalue weighted by atomic mass is 32.2. The Morgan fingerprint density at radius 2 is 2.10 bits per heavy atom. The Morgan fingerprint density at radius 1 is 1.26 bits per heavy atom. The molecule has 0 aliphatic carbocycles. The summed E-state index contributed by atoms with van der Waals surface area (Å²) in [5, 5.41) is 13.9. The van der Waals surface area contributed by atoms with Crippen molar-refractivity contribution in [2.75, 3.05) is 13.7 Å². The number of benzene rings is 1. The summed E-state index contributed by atoms with van der Waals surface area (Å²) in [6.07, 6.45) is 5.31. The van der Waals surface area contributed by atoms with Crippen molar-refractivity contribution >= 4 is 11.8 Å². The van der Waals surface area contributed by atoms with Crippen molar-refractivity contribution in [3.63, 3.8) is 0 Å². The number of thioether (sulfide) groups is 1. The molecule has 166 valence electrons. The SMILES string of the molecule is CCCCc1noc([C@H](C)Sc2nnc(-c3ccc(OC)cc3)n2C[C@@H]2CCCO2)n1. The first kappa shape index (κ1) is 21.8. The van der Waals surface area contributed by atoms with Crippen molar-refractivity contribution < 1.29 is 14.0 Å². The van der Waals surface area contributed by atoms with E-state index in [-0.39, 0.29) is 11.4 Å². The van der Waals surface area contributed by atoms with Crippen LogP contribution in [0.15, 0.2) is 33.9 Å². The quantitative estimate of drug-likeness (QED) is 0.416. The van der Waals surface area contributed by atoms with Gasteiger partial charge in [-0.05, 0) is 50.5 Å². The van der Waals surface area contributed by atoms with Gasteiger partial charge in [-0.1, -0.05) is 30.3 Å². The van der Waals surface area contributed by atoms with Crippen LogP contribution < -0.4 is 4.74 Å². The van der Waals surface area contributed by atoms with E-state index in [0.29, 0.717) is 5.89 Å². The van der Waals surface area contributed by atoms with E-state index in [1.807, 2.05) is 24.3 Å². The van der Waals surface area contributed by atoms with Crippen LogP contribution in [0.25, 0.3) is 11.4 Å². The summed E-state index contributed by atoms with van der Waals surface area (Å²) >= 11 is 1.58. The van der Waals surface area contributed by atoms with Crippen LogP contribution in [0.5, 0.6) is 5.75 Å². The molecule has 2 aromatic heterocycles. The topological polar surface area (TPSA) is 88.1 Å². The van der Waals surface area contributed by atoms with Crippen molar-refractivity contribution in [2.45, 2.75) is 69.0 Å². The fourth-order valence-corrected chi connectivity index (χ4v) is 4.45. The molecule has 9 heteroatoms. The van der Waals surface area contributed by atoms with E-state index in [1.54, 1.807) is 18.9 Å². The first-order chi connectivity index (χ1) is 15.2. The maximum absolute atomic E-state index is 5.89. The molecular formula is C22H29N5O3S. The third kappa shape index (κ3) is 5.27. The fourth-order valence-electron chi connectivity index (χ4n) is 3.56. The molecule has 0 amide bonds. The fraction of sp³-hybridized carbons (Fsp3) is 0.545. The summed E-state index contributed by atoms with van der Waals surface area (Å²) in [6.45, 7) is 5.74. The van der Waals surface area contributed by atoms with Crippen LogP contribution in [0.2, 0.25) is 0 Å². The first-order valence-electron chi connectivity index (χ1n) is 10.9. The number of methoxy groups -OCH3 is 1.